The van der Waals surface area contributed by atoms with Crippen LogP contribution < -0.4 is 23.7 Å². The third kappa shape index (κ3) is 17.3. The maximum absolute atomic E-state index is 12.9. The summed E-state index contributed by atoms with van der Waals surface area (Å²) in [5.74, 6) is 2.02. The van der Waals surface area contributed by atoms with Crippen molar-refractivity contribution in [1.29, 1.82) is 0 Å². The molecule has 2 aromatic carbocycles. The number of hydrogen-bond acceptors (Lipinski definition) is 7. The molecule has 0 radical (unpaired) electrons. The molecule has 0 saturated carbocycles. The predicted octanol–water partition coefficient (Wildman–Crippen LogP) is 10.6. The van der Waals surface area contributed by atoms with Crippen molar-refractivity contribution < 1.29 is 32.2 Å². The summed E-state index contributed by atoms with van der Waals surface area (Å²) in [6.07, 6.45) is 20.7. The topological polar surface area (TPSA) is 100 Å². The number of ether oxygens (including phenoxy) is 4. The smallest absolute Gasteiger partial charge is 0.252 e. The first kappa shape index (κ1) is 41.7. The van der Waals surface area contributed by atoms with Gasteiger partial charge in [-0.2, -0.15) is 4.72 Å². The molecule has 0 heterocycles. The van der Waals surface area contributed by atoms with Gasteiger partial charge in [-0.1, -0.05) is 129 Å². The van der Waals surface area contributed by atoms with Gasteiger partial charge in [0.1, 0.15) is 5.75 Å². The Kier molecular flexibility index (Phi) is 22.1. The molecule has 0 fully saturated rings. The molecule has 48 heavy (non-hydrogen) atoms. The van der Waals surface area contributed by atoms with E-state index < -0.39 is 15.3 Å². The Bertz CT molecular complexity index is 1230. The van der Waals surface area contributed by atoms with E-state index in [1.807, 2.05) is 0 Å². The van der Waals surface area contributed by atoms with Gasteiger partial charge in [0.15, 0.2) is 18.2 Å². The lowest BCUT2D eigenvalue weighted by atomic mass is 10.1. The minimum atomic E-state index is -3.97. The number of halogens is 1. The number of sulfonamides is 1. The van der Waals surface area contributed by atoms with Crippen LogP contribution in [0.5, 0.6) is 23.0 Å². The fourth-order valence-corrected chi connectivity index (χ4v) is 6.28. The van der Waals surface area contributed by atoms with Crippen LogP contribution in [0.3, 0.4) is 0 Å². The number of benzene rings is 2. The van der Waals surface area contributed by atoms with Crippen molar-refractivity contribution in [3.05, 3.63) is 42.0 Å². The molecule has 0 atom stereocenters. The lowest BCUT2D eigenvalue weighted by Gasteiger charge is -2.19. The third-order valence-corrected chi connectivity index (χ3v) is 9.70. The van der Waals surface area contributed by atoms with Crippen molar-refractivity contribution >= 4 is 26.9 Å². The number of nitrogens with one attached hydrogen (secondary N) is 1. The Hall–Kier alpha value is -2.49. The molecule has 0 aliphatic carbocycles. The van der Waals surface area contributed by atoms with E-state index in [0.717, 1.165) is 38.5 Å². The molecule has 2 rings (SSSR count). The summed E-state index contributed by atoms with van der Waals surface area (Å²) in [4.78, 5) is 11.5. The SMILES string of the molecule is CCCCCCCCOc1cc(OCNS(=O)(=O)c2cccc(C(=O)Cl)c2)cc(OCCCCCCCC)c1OCCCCCCCC. The molecule has 0 aromatic heterocycles. The fraction of sp³-hybridized carbons (Fsp3) is 0.658. The quantitative estimate of drug-likeness (QED) is 0.0489. The second kappa shape index (κ2) is 25.5. The molecule has 0 unspecified atom stereocenters. The van der Waals surface area contributed by atoms with Gasteiger partial charge in [0.05, 0.1) is 24.7 Å². The van der Waals surface area contributed by atoms with E-state index in [2.05, 4.69) is 25.5 Å². The van der Waals surface area contributed by atoms with Crippen molar-refractivity contribution in [2.75, 3.05) is 26.6 Å². The second-order valence-corrected chi connectivity index (χ2v) is 14.4. The molecule has 0 aliphatic rings. The number of carbonyl (C=O) groups is 1. The average molecular weight is 710 g/mol. The first-order valence-corrected chi connectivity index (χ1v) is 20.2. The highest BCUT2D eigenvalue weighted by atomic mass is 35.5. The standard InChI is InChI=1S/C38H60ClNO7S/c1-4-7-10-13-16-19-25-44-35-29-33(47-31-40-48(42,43)34-24-22-23-32(28-34)38(39)41)30-36(45-26-20-17-14-11-8-5-2)37(35)46-27-21-18-15-12-9-6-3/h22-24,28-30,40H,4-21,25-27,31H2,1-3H3. The number of rotatable bonds is 30. The van der Waals surface area contributed by atoms with Gasteiger partial charge in [0.25, 0.3) is 5.24 Å². The molecule has 0 bridgehead atoms. The van der Waals surface area contributed by atoms with Crippen LogP contribution in [0, 0.1) is 0 Å². The predicted molar refractivity (Wildman–Crippen MR) is 195 cm³/mol. The summed E-state index contributed by atoms with van der Waals surface area (Å²) in [5.41, 5.74) is 0.0938. The molecule has 0 aliphatic heterocycles. The van der Waals surface area contributed by atoms with Crippen LogP contribution in [-0.4, -0.2) is 40.2 Å². The maximum atomic E-state index is 12.9. The lowest BCUT2D eigenvalue weighted by Crippen LogP contribution is -2.28. The van der Waals surface area contributed by atoms with Crippen molar-refractivity contribution in [3.8, 4) is 23.0 Å². The van der Waals surface area contributed by atoms with Crippen molar-refractivity contribution in [3.63, 3.8) is 0 Å². The highest BCUT2D eigenvalue weighted by Gasteiger charge is 2.19. The number of hydrogen-bond donors (Lipinski definition) is 1. The molecule has 272 valence electrons. The summed E-state index contributed by atoms with van der Waals surface area (Å²) >= 11 is 5.55. The van der Waals surface area contributed by atoms with Crippen molar-refractivity contribution in [2.24, 2.45) is 0 Å². The first-order chi connectivity index (χ1) is 23.3. The van der Waals surface area contributed by atoms with Crippen LogP contribution in [0.15, 0.2) is 41.3 Å². The zero-order valence-electron chi connectivity index (χ0n) is 29.7. The van der Waals surface area contributed by atoms with E-state index >= 15 is 0 Å². The van der Waals surface area contributed by atoms with Gasteiger partial charge in [-0.05, 0) is 43.0 Å². The minimum Gasteiger partial charge on any atom is -0.489 e. The zero-order chi connectivity index (χ0) is 34.9. The molecule has 0 spiro atoms. The van der Waals surface area contributed by atoms with Crippen LogP contribution in [0.25, 0.3) is 0 Å². The Labute approximate surface area is 295 Å². The monoisotopic (exact) mass is 709 g/mol. The van der Waals surface area contributed by atoms with Crippen LogP contribution in [-0.2, 0) is 10.0 Å². The van der Waals surface area contributed by atoms with Gasteiger partial charge in [-0.25, -0.2) is 8.42 Å². The van der Waals surface area contributed by atoms with Crippen LogP contribution >= 0.6 is 11.6 Å². The van der Waals surface area contributed by atoms with Gasteiger partial charge in [0, 0.05) is 17.7 Å². The van der Waals surface area contributed by atoms with Crippen LogP contribution in [0.2, 0.25) is 0 Å². The molecule has 0 saturated heterocycles. The van der Waals surface area contributed by atoms with E-state index in [4.69, 9.17) is 30.5 Å². The maximum Gasteiger partial charge on any atom is 0.252 e. The largest absolute Gasteiger partial charge is 0.489 e. The van der Waals surface area contributed by atoms with Crippen molar-refractivity contribution in [1.82, 2.24) is 4.72 Å². The molecular weight excluding hydrogens is 650 g/mol. The highest BCUT2D eigenvalue weighted by Crippen LogP contribution is 2.42. The van der Waals surface area contributed by atoms with E-state index in [9.17, 15) is 13.2 Å². The molecule has 2 aromatic rings. The Morgan fingerprint density at radius 3 is 1.56 bits per heavy atom. The van der Waals surface area contributed by atoms with Gasteiger partial charge < -0.3 is 18.9 Å². The zero-order valence-corrected chi connectivity index (χ0v) is 31.2. The lowest BCUT2D eigenvalue weighted by molar-refractivity contribution is 0.108. The number of unbranched alkanes of at least 4 members (excludes halogenated alkanes) is 15. The third-order valence-electron chi connectivity index (χ3n) is 8.11. The van der Waals surface area contributed by atoms with Gasteiger partial charge in [0.2, 0.25) is 15.8 Å². The van der Waals surface area contributed by atoms with Gasteiger partial charge in [-0.15, -0.1) is 0 Å². The second-order valence-electron chi connectivity index (χ2n) is 12.3. The Morgan fingerprint density at radius 2 is 1.08 bits per heavy atom. The summed E-state index contributed by atoms with van der Waals surface area (Å²) in [5, 5.41) is -0.732. The molecular formula is C38H60ClNO7S. The number of carbonyl (C=O) groups excluding carboxylic acids is 1. The van der Waals surface area contributed by atoms with E-state index in [1.54, 1.807) is 12.1 Å². The first-order valence-electron chi connectivity index (χ1n) is 18.3. The van der Waals surface area contributed by atoms with E-state index in [0.29, 0.717) is 42.8 Å². The van der Waals surface area contributed by atoms with Crippen LogP contribution in [0.1, 0.15) is 147 Å². The summed E-state index contributed by atoms with van der Waals surface area (Å²) < 4.78 is 53.1. The van der Waals surface area contributed by atoms with Crippen molar-refractivity contribution in [2.45, 2.75) is 141 Å². The summed E-state index contributed by atoms with van der Waals surface area (Å²) in [6, 6.07) is 9.04. The molecule has 1 N–H and O–H groups in total. The normalized spacial score (nSPS) is 11.4. The van der Waals surface area contributed by atoms with Gasteiger partial charge in [-0.3, -0.25) is 4.79 Å². The van der Waals surface area contributed by atoms with E-state index in [-0.39, 0.29) is 17.2 Å². The highest BCUT2D eigenvalue weighted by molar-refractivity contribution is 7.89. The minimum absolute atomic E-state index is 0.0815. The Morgan fingerprint density at radius 1 is 0.625 bits per heavy atom. The Balaban J connectivity index is 2.20. The molecule has 8 nitrogen and oxygen atoms in total. The molecule has 10 heteroatoms. The summed E-state index contributed by atoms with van der Waals surface area (Å²) in [7, 11) is -3.97. The van der Waals surface area contributed by atoms with Gasteiger partial charge >= 0.3 is 0 Å². The van der Waals surface area contributed by atoms with E-state index in [1.165, 1.54) is 101 Å². The molecule has 0 amide bonds. The van der Waals surface area contributed by atoms with Crippen LogP contribution in [0.4, 0.5) is 0 Å². The summed E-state index contributed by atoms with van der Waals surface area (Å²) in [6.45, 7) is 7.91. The average Bonchev–Trinajstić information content (AvgIpc) is 3.07. The fourth-order valence-electron chi connectivity index (χ4n) is 5.24.